The number of carbonyl (C=O) groups is 10. The smallest absolute Gasteiger partial charge is 0.291 e. The number of aromatic nitrogens is 11. The van der Waals surface area contributed by atoms with Crippen LogP contribution in [0.5, 0.6) is 0 Å². The number of aryl methyl sites for hydroxylation is 8. The molecule has 8 aromatic heterocycles. The van der Waals surface area contributed by atoms with Gasteiger partial charge in [0.25, 0.3) is 59.1 Å². The minimum Gasteiger partial charge on any atom is -0.351 e. The van der Waals surface area contributed by atoms with Crippen LogP contribution in [0.4, 0.5) is 45.9 Å². The third-order valence-corrected chi connectivity index (χ3v) is 13.8. The molecule has 0 radical (unpaired) electrons. The fourth-order valence-corrected chi connectivity index (χ4v) is 9.26. The Morgan fingerprint density at radius 1 is 0.326 bits per heavy atom. The van der Waals surface area contributed by atoms with Gasteiger partial charge in [-0.1, -0.05) is 0 Å². The molecule has 9 heterocycles. The minimum absolute atomic E-state index is 0.0340. The second kappa shape index (κ2) is 24.2. The first-order valence-corrected chi connectivity index (χ1v) is 26.4. The number of hydrogen-bond acceptors (Lipinski definition) is 13. The molecule has 448 valence electrons. The van der Waals surface area contributed by atoms with Crippen molar-refractivity contribution >= 4 is 105 Å². The van der Waals surface area contributed by atoms with E-state index in [9.17, 15) is 47.9 Å². The molecule has 33 heteroatoms. The highest BCUT2D eigenvalue weighted by Gasteiger charge is 2.27. The normalized spacial score (nSPS) is 16.8. The van der Waals surface area contributed by atoms with Crippen LogP contribution < -0.4 is 64.6 Å². The summed E-state index contributed by atoms with van der Waals surface area (Å²) in [5.74, 6) is -5.86. The van der Waals surface area contributed by atoms with Gasteiger partial charge in [-0.05, 0) is 30.3 Å². The van der Waals surface area contributed by atoms with Gasteiger partial charge in [-0.3, -0.25) is 47.9 Å². The number of fused-ring (bicyclic) bond motifs is 16. The summed E-state index contributed by atoms with van der Waals surface area (Å²) in [4.78, 5) is 147. The number of nitrogens with one attached hydrogen (secondary N) is 10. The number of imidazole rings is 3. The van der Waals surface area contributed by atoms with Crippen LogP contribution in [-0.2, 0) is 66.0 Å². The van der Waals surface area contributed by atoms with Crippen LogP contribution in [0.15, 0.2) is 79.9 Å². The molecule has 0 unspecified atom stereocenters. The molecule has 1 aliphatic heterocycles. The van der Waals surface area contributed by atoms with Gasteiger partial charge in [-0.2, -0.15) is 0 Å². The monoisotopic (exact) mass is 1180 g/mol. The molecule has 10 amide bonds. The maximum absolute atomic E-state index is 13.5. The summed E-state index contributed by atoms with van der Waals surface area (Å²) in [5.41, 5.74) is 9.98. The predicted octanol–water partition coefficient (Wildman–Crippen LogP) is -0.855. The molecule has 16 N–H and O–H groups in total. The van der Waals surface area contributed by atoms with E-state index in [1.165, 1.54) is 110 Å². The minimum atomic E-state index is -0.866. The van der Waals surface area contributed by atoms with Crippen LogP contribution in [0.3, 0.4) is 0 Å². The highest BCUT2D eigenvalue weighted by atomic mass is 16.2. The lowest BCUT2D eigenvalue weighted by Gasteiger charge is -2.09. The number of hydrogen-bond donors (Lipinski definition) is 12. The first-order chi connectivity index (χ1) is 40.8. The Labute approximate surface area is 487 Å². The van der Waals surface area contributed by atoms with Crippen molar-refractivity contribution in [1.82, 2.24) is 62.1 Å². The molecule has 16 bridgehead atoms. The van der Waals surface area contributed by atoms with E-state index in [0.29, 0.717) is 5.69 Å². The maximum atomic E-state index is 13.5. The Morgan fingerprint density at radius 2 is 0.570 bits per heavy atom. The van der Waals surface area contributed by atoms with Gasteiger partial charge in [0.05, 0.1) is 28.4 Å². The molecular formula is C53H63N23O10+2. The summed E-state index contributed by atoms with van der Waals surface area (Å²) in [6, 6.07) is 5.52. The summed E-state index contributed by atoms with van der Waals surface area (Å²) in [5, 5.41) is 27.1. The summed E-state index contributed by atoms with van der Waals surface area (Å²) in [7, 11) is 12.7. The predicted molar refractivity (Wildman–Crippen MR) is 309 cm³/mol. The zero-order chi connectivity index (χ0) is 62.0. The molecule has 0 saturated heterocycles. The van der Waals surface area contributed by atoms with Crippen molar-refractivity contribution in [3.63, 3.8) is 0 Å². The standard InChI is InChI=1S/C53H61N23O10/c1-69-18-26-13-33(69)46(79)56-11-9-31(54)44(77)67-39-24-75(7)42(64-39)52(85)62-30-17-37(73(5)22-30)50(83)68-40-25-76(8)43(65-40)53(86)60-28-14-34(70(2)20-28)47(80)57-12-10-32(55)45(78)66-38-23-74(6)41(63-38)51(84)61-29-16-36(72(4)21-29)49(82)59-27-15-35(48(81)58-26)71(3)19-27/h13-25,31-32H,9-12,54-55H2,1-8H3,(H,56,79)(H,57,80)(H,58,81)(H,59,82)(H,60,86)(H,61,84)(H,62,85)(H,66,78)(H,67,77)(H,68,83)/p+2/t31-,32-/m1/s1. The average molecular weight is 1180 g/mol. The van der Waals surface area contributed by atoms with E-state index in [4.69, 9.17) is 0 Å². The second-order valence-corrected chi connectivity index (χ2v) is 20.5. The zero-order valence-corrected chi connectivity index (χ0v) is 47.9. The third kappa shape index (κ3) is 13.1. The average Bonchev–Trinajstić information content (AvgIpc) is 3.40. The number of carbonyl (C=O) groups excluding carboxylic acids is 10. The molecule has 33 nitrogen and oxygen atoms in total. The largest absolute Gasteiger partial charge is 0.351 e. The van der Waals surface area contributed by atoms with Crippen molar-refractivity contribution in [3.05, 3.63) is 126 Å². The Morgan fingerprint density at radius 3 is 0.860 bits per heavy atom. The topological polar surface area (TPSA) is 424 Å². The van der Waals surface area contributed by atoms with Crippen LogP contribution in [0.25, 0.3) is 0 Å². The van der Waals surface area contributed by atoms with E-state index in [1.54, 1.807) is 62.6 Å². The van der Waals surface area contributed by atoms with Crippen molar-refractivity contribution in [1.29, 1.82) is 0 Å². The zero-order valence-electron chi connectivity index (χ0n) is 47.9. The molecule has 0 aliphatic carbocycles. The lowest BCUT2D eigenvalue weighted by molar-refractivity contribution is -0.403. The first kappa shape index (κ1) is 59.3. The van der Waals surface area contributed by atoms with Crippen molar-refractivity contribution in [3.8, 4) is 0 Å². The SMILES string of the molecule is Cn1cc2cc1C(=O)NCC[C@@H]([NH3+])C(=O)Nc1cn(C)c(n1)C(=O)Nc1cc(n(C)c1)C(=O)Nc1cn(C)c(n1)C(=O)Nc1cc(n(C)c1)C(=O)NCC[C@@H]([NH3+])C(=O)Nc1cn(C)c(n1)C(=O)Nc1cc(n(C)c1)C(=O)Nc1cc(n(C)c1)C(=O)N2. The molecule has 2 atom stereocenters. The van der Waals surface area contributed by atoms with E-state index < -0.39 is 71.2 Å². The van der Waals surface area contributed by atoms with Crippen molar-refractivity contribution < 1.29 is 59.4 Å². The van der Waals surface area contributed by atoms with Gasteiger partial charge in [0.15, 0.2) is 29.5 Å². The lowest BCUT2D eigenvalue weighted by Crippen LogP contribution is -2.67. The molecule has 0 fully saturated rings. The Hall–Kier alpha value is -11.4. The van der Waals surface area contributed by atoms with E-state index in [0.717, 1.165) is 0 Å². The van der Waals surface area contributed by atoms with Gasteiger partial charge in [0.1, 0.15) is 28.5 Å². The molecule has 0 saturated carbocycles. The van der Waals surface area contributed by atoms with Crippen LogP contribution in [-0.4, -0.2) is 136 Å². The molecule has 1 aliphatic rings. The Kier molecular flexibility index (Phi) is 16.7. The molecule has 0 spiro atoms. The third-order valence-electron chi connectivity index (χ3n) is 13.8. The number of quaternary nitrogens is 2. The van der Waals surface area contributed by atoms with Crippen LogP contribution in [0, 0.1) is 0 Å². The van der Waals surface area contributed by atoms with Crippen molar-refractivity contribution in [2.45, 2.75) is 24.9 Å². The number of anilines is 8. The fourth-order valence-electron chi connectivity index (χ4n) is 9.26. The number of rotatable bonds is 0. The van der Waals surface area contributed by atoms with E-state index >= 15 is 0 Å². The van der Waals surface area contributed by atoms with E-state index in [-0.39, 0.29) is 112 Å². The van der Waals surface area contributed by atoms with Crippen LogP contribution in [0.1, 0.15) is 97.1 Å². The Bertz CT molecular complexity index is 3800. The first-order valence-electron chi connectivity index (χ1n) is 26.4. The highest BCUT2D eigenvalue weighted by Crippen LogP contribution is 2.23. The maximum Gasteiger partial charge on any atom is 0.291 e. The lowest BCUT2D eigenvalue weighted by atomic mass is 10.2. The number of nitrogens with zero attached hydrogens (tertiary/aromatic N) is 11. The summed E-state index contributed by atoms with van der Waals surface area (Å²) < 4.78 is 11.7. The van der Waals surface area contributed by atoms with E-state index in [1.807, 2.05) is 0 Å². The quantitative estimate of drug-likeness (QED) is 0.0881. The van der Waals surface area contributed by atoms with Gasteiger partial charge in [-0.15, -0.1) is 0 Å². The van der Waals surface area contributed by atoms with Gasteiger partial charge in [-0.25, -0.2) is 15.0 Å². The van der Waals surface area contributed by atoms with Gasteiger partial charge < -0.3 is 101 Å². The summed E-state index contributed by atoms with van der Waals surface area (Å²) in [6.07, 6.45) is 12.1. The molecule has 0 aromatic carbocycles. The Balaban J connectivity index is 0.887. The van der Waals surface area contributed by atoms with Gasteiger partial charge in [0.2, 0.25) is 17.5 Å². The fraction of sp³-hybridized carbons (Fsp3) is 0.264. The number of amides is 10. The van der Waals surface area contributed by atoms with Gasteiger partial charge >= 0.3 is 0 Å². The van der Waals surface area contributed by atoms with Crippen LogP contribution in [0.2, 0.25) is 0 Å². The van der Waals surface area contributed by atoms with Gasteiger partial charge in [0, 0.05) is 132 Å². The van der Waals surface area contributed by atoms with Crippen LogP contribution >= 0.6 is 0 Å². The van der Waals surface area contributed by atoms with Crippen molar-refractivity contribution in [2.75, 3.05) is 55.6 Å². The molecular weight excluding hydrogens is 1120 g/mol. The molecule has 9 rings (SSSR count). The molecule has 8 aromatic rings. The second-order valence-electron chi connectivity index (χ2n) is 20.5. The summed E-state index contributed by atoms with van der Waals surface area (Å²) in [6.45, 7) is 0.0791. The summed E-state index contributed by atoms with van der Waals surface area (Å²) >= 11 is 0. The highest BCUT2D eigenvalue weighted by molar-refractivity contribution is 6.10. The van der Waals surface area contributed by atoms with E-state index in [2.05, 4.69) is 79.6 Å². The molecule has 86 heavy (non-hydrogen) atoms. The van der Waals surface area contributed by atoms with Crippen molar-refractivity contribution in [2.24, 2.45) is 56.4 Å².